The van der Waals surface area contributed by atoms with E-state index in [1.165, 1.54) is 16.8 Å². The maximum atomic E-state index is 12.9. The molecule has 0 saturated carbocycles. The van der Waals surface area contributed by atoms with Crippen LogP contribution in [0.4, 0.5) is 5.69 Å². The van der Waals surface area contributed by atoms with E-state index in [4.69, 9.17) is 11.6 Å². The molecule has 28 heavy (non-hydrogen) atoms. The summed E-state index contributed by atoms with van der Waals surface area (Å²) in [6.07, 6.45) is 0. The number of aryl methyl sites for hydroxylation is 1. The molecular weight excluding hydrogens is 372 g/mol. The number of carbonyl (C=O) groups excluding carboxylic acids is 1. The number of hydrogen-bond donors (Lipinski definition) is 1. The average molecular weight is 395 g/mol. The standard InChI is InChI=1S/C22H23ClN4O/c1-15-5-3-8-21(16(15)2)26-9-11-27(12-10-26)22(28)20-14-19(24-25-20)17-6-4-7-18(23)13-17/h3-8,13-14H,9-12H2,1-2H3,(H,24,25). The van der Waals surface area contributed by atoms with Crippen LogP contribution in [0.3, 0.4) is 0 Å². The molecule has 2 aromatic carbocycles. The lowest BCUT2D eigenvalue weighted by molar-refractivity contribution is 0.0741. The molecule has 1 aliphatic heterocycles. The van der Waals surface area contributed by atoms with E-state index in [0.29, 0.717) is 23.8 Å². The molecular formula is C22H23ClN4O. The van der Waals surface area contributed by atoms with E-state index in [0.717, 1.165) is 24.3 Å². The molecule has 1 fully saturated rings. The van der Waals surface area contributed by atoms with Crippen molar-refractivity contribution in [2.45, 2.75) is 13.8 Å². The molecule has 0 bridgehead atoms. The van der Waals surface area contributed by atoms with Gasteiger partial charge in [-0.1, -0.05) is 35.9 Å². The molecule has 1 aliphatic rings. The van der Waals surface area contributed by atoms with E-state index in [1.807, 2.05) is 29.2 Å². The maximum absolute atomic E-state index is 12.9. The number of nitrogens with one attached hydrogen (secondary N) is 1. The first kappa shape index (κ1) is 18.6. The first-order valence-electron chi connectivity index (χ1n) is 9.45. The van der Waals surface area contributed by atoms with Crippen molar-refractivity contribution in [3.63, 3.8) is 0 Å². The van der Waals surface area contributed by atoms with E-state index in [1.54, 1.807) is 6.07 Å². The van der Waals surface area contributed by atoms with Crippen LogP contribution in [-0.2, 0) is 0 Å². The number of H-pyrrole nitrogens is 1. The number of halogens is 1. The number of nitrogens with zero attached hydrogens (tertiary/aromatic N) is 3. The van der Waals surface area contributed by atoms with Crippen molar-refractivity contribution < 1.29 is 4.79 Å². The van der Waals surface area contributed by atoms with Crippen LogP contribution >= 0.6 is 11.6 Å². The summed E-state index contributed by atoms with van der Waals surface area (Å²) in [6.45, 7) is 7.32. The van der Waals surface area contributed by atoms with Gasteiger partial charge in [0, 0.05) is 42.5 Å². The largest absolute Gasteiger partial charge is 0.368 e. The monoisotopic (exact) mass is 394 g/mol. The first-order valence-corrected chi connectivity index (χ1v) is 9.82. The Hall–Kier alpha value is -2.79. The highest BCUT2D eigenvalue weighted by Gasteiger charge is 2.24. The number of carbonyl (C=O) groups is 1. The molecule has 5 nitrogen and oxygen atoms in total. The molecule has 0 unspecified atom stereocenters. The fourth-order valence-corrected chi connectivity index (χ4v) is 3.82. The highest BCUT2D eigenvalue weighted by Crippen LogP contribution is 2.25. The average Bonchev–Trinajstić information content (AvgIpc) is 3.20. The lowest BCUT2D eigenvalue weighted by atomic mass is 10.1. The van der Waals surface area contributed by atoms with Crippen LogP contribution in [0.15, 0.2) is 48.5 Å². The summed E-state index contributed by atoms with van der Waals surface area (Å²) in [6, 6.07) is 15.6. The van der Waals surface area contributed by atoms with Gasteiger partial charge in [0.25, 0.3) is 5.91 Å². The van der Waals surface area contributed by atoms with E-state index in [2.05, 4.69) is 47.1 Å². The summed E-state index contributed by atoms with van der Waals surface area (Å²) in [5.74, 6) is -0.0126. The third-order valence-electron chi connectivity index (χ3n) is 5.41. The molecule has 0 aliphatic carbocycles. The maximum Gasteiger partial charge on any atom is 0.272 e. The fourth-order valence-electron chi connectivity index (χ4n) is 3.63. The third-order valence-corrected chi connectivity index (χ3v) is 5.65. The minimum atomic E-state index is -0.0126. The van der Waals surface area contributed by atoms with E-state index < -0.39 is 0 Å². The summed E-state index contributed by atoms with van der Waals surface area (Å²) in [5, 5.41) is 7.82. The zero-order chi connectivity index (χ0) is 19.7. The highest BCUT2D eigenvalue weighted by atomic mass is 35.5. The van der Waals surface area contributed by atoms with Crippen molar-refractivity contribution in [1.82, 2.24) is 15.1 Å². The van der Waals surface area contributed by atoms with Crippen LogP contribution in [0, 0.1) is 13.8 Å². The number of rotatable bonds is 3. The Kier molecular flexibility index (Phi) is 5.09. The highest BCUT2D eigenvalue weighted by molar-refractivity contribution is 6.30. The molecule has 4 rings (SSSR count). The zero-order valence-corrected chi connectivity index (χ0v) is 16.8. The Bertz CT molecular complexity index is 1010. The van der Waals surface area contributed by atoms with Crippen LogP contribution in [-0.4, -0.2) is 47.2 Å². The molecule has 6 heteroatoms. The smallest absolute Gasteiger partial charge is 0.272 e. The Morgan fingerprint density at radius 1 is 1.04 bits per heavy atom. The van der Waals surface area contributed by atoms with E-state index in [-0.39, 0.29) is 5.91 Å². The van der Waals surface area contributed by atoms with Gasteiger partial charge in [-0.25, -0.2) is 0 Å². The van der Waals surface area contributed by atoms with Crippen LogP contribution in [0.1, 0.15) is 21.6 Å². The minimum absolute atomic E-state index is 0.0126. The molecule has 1 amide bonds. The van der Waals surface area contributed by atoms with Gasteiger partial charge in [0.05, 0.1) is 5.69 Å². The van der Waals surface area contributed by atoms with Gasteiger partial charge in [-0.2, -0.15) is 5.10 Å². The third kappa shape index (κ3) is 3.62. The van der Waals surface area contributed by atoms with Crippen molar-refractivity contribution >= 4 is 23.2 Å². The Morgan fingerprint density at radius 3 is 2.54 bits per heavy atom. The van der Waals surface area contributed by atoms with Gasteiger partial charge < -0.3 is 9.80 Å². The molecule has 1 saturated heterocycles. The lowest BCUT2D eigenvalue weighted by Crippen LogP contribution is -2.49. The SMILES string of the molecule is Cc1cccc(N2CCN(C(=O)c3cc(-c4cccc(Cl)c4)n[nH]3)CC2)c1C. The van der Waals surface area contributed by atoms with Gasteiger partial charge in [0.15, 0.2) is 0 Å². The topological polar surface area (TPSA) is 52.2 Å². The number of aromatic amines is 1. The van der Waals surface area contributed by atoms with Crippen molar-refractivity contribution in [2.24, 2.45) is 0 Å². The fraction of sp³-hybridized carbons (Fsp3) is 0.273. The molecule has 1 aromatic heterocycles. The quantitative estimate of drug-likeness (QED) is 0.720. The van der Waals surface area contributed by atoms with Crippen molar-refractivity contribution in [3.8, 4) is 11.3 Å². The summed E-state index contributed by atoms with van der Waals surface area (Å²) in [4.78, 5) is 17.1. The second kappa shape index (κ2) is 7.68. The molecule has 1 N–H and O–H groups in total. The Labute approximate surface area is 169 Å². The summed E-state index contributed by atoms with van der Waals surface area (Å²) >= 11 is 6.05. The van der Waals surface area contributed by atoms with Crippen molar-refractivity contribution in [3.05, 3.63) is 70.4 Å². The predicted molar refractivity (Wildman–Crippen MR) is 113 cm³/mol. The van der Waals surface area contributed by atoms with Crippen molar-refractivity contribution in [1.29, 1.82) is 0 Å². The molecule has 2 heterocycles. The lowest BCUT2D eigenvalue weighted by Gasteiger charge is -2.36. The molecule has 0 atom stereocenters. The number of hydrogen-bond acceptors (Lipinski definition) is 3. The molecule has 0 spiro atoms. The summed E-state index contributed by atoms with van der Waals surface area (Å²) in [7, 11) is 0. The number of aromatic nitrogens is 2. The second-order valence-corrected chi connectivity index (χ2v) is 7.61. The van der Waals surface area contributed by atoms with Gasteiger partial charge in [0.1, 0.15) is 5.69 Å². The van der Waals surface area contributed by atoms with Crippen LogP contribution in [0.25, 0.3) is 11.3 Å². The number of anilines is 1. The van der Waals surface area contributed by atoms with Crippen molar-refractivity contribution in [2.75, 3.05) is 31.1 Å². The van der Waals surface area contributed by atoms with Gasteiger partial charge >= 0.3 is 0 Å². The van der Waals surface area contributed by atoms with Gasteiger partial charge in [-0.05, 0) is 49.2 Å². The van der Waals surface area contributed by atoms with E-state index in [9.17, 15) is 4.79 Å². The predicted octanol–water partition coefficient (Wildman–Crippen LogP) is 4.31. The van der Waals surface area contributed by atoms with Crippen LogP contribution in [0.2, 0.25) is 5.02 Å². The Morgan fingerprint density at radius 2 is 1.79 bits per heavy atom. The second-order valence-electron chi connectivity index (χ2n) is 7.18. The normalized spacial score (nSPS) is 14.4. The van der Waals surface area contributed by atoms with Gasteiger partial charge in [-0.15, -0.1) is 0 Å². The first-order chi connectivity index (χ1) is 13.5. The number of amides is 1. The number of benzene rings is 2. The molecule has 3 aromatic rings. The zero-order valence-electron chi connectivity index (χ0n) is 16.1. The summed E-state index contributed by atoms with van der Waals surface area (Å²) < 4.78 is 0. The van der Waals surface area contributed by atoms with Crippen LogP contribution < -0.4 is 4.90 Å². The van der Waals surface area contributed by atoms with Crippen LogP contribution in [0.5, 0.6) is 0 Å². The van der Waals surface area contributed by atoms with Gasteiger partial charge in [-0.3, -0.25) is 9.89 Å². The molecule has 0 radical (unpaired) electrons. The number of piperazine rings is 1. The van der Waals surface area contributed by atoms with Gasteiger partial charge in [0.2, 0.25) is 0 Å². The Balaban J connectivity index is 1.44. The molecule has 144 valence electrons. The summed E-state index contributed by atoms with van der Waals surface area (Å²) in [5.41, 5.74) is 5.98. The van der Waals surface area contributed by atoms with E-state index >= 15 is 0 Å². The minimum Gasteiger partial charge on any atom is -0.368 e.